The molecule has 5 nitrogen and oxygen atoms in total. The van der Waals surface area contributed by atoms with Crippen molar-refractivity contribution < 1.29 is 31.1 Å². The summed E-state index contributed by atoms with van der Waals surface area (Å²) in [5, 5.41) is 0.447. The number of carbonyl (C=O) groups excluding carboxylic acids is 1. The molecule has 0 aliphatic rings. The Hall–Kier alpha value is -3.04. The highest BCUT2D eigenvalue weighted by molar-refractivity contribution is 7.89. The molecule has 0 saturated heterocycles. The molecule has 31 heavy (non-hydrogen) atoms. The Kier molecular flexibility index (Phi) is 6.28. The van der Waals surface area contributed by atoms with Crippen molar-refractivity contribution in [2.45, 2.75) is 6.18 Å². The lowest BCUT2D eigenvalue weighted by molar-refractivity contribution is -0.137. The van der Waals surface area contributed by atoms with Crippen LogP contribution in [0.3, 0.4) is 0 Å². The number of sulfonamides is 1. The van der Waals surface area contributed by atoms with E-state index >= 15 is 0 Å². The Bertz CT molecular complexity index is 1230. The molecule has 1 N–H and O–H groups in total. The summed E-state index contributed by atoms with van der Waals surface area (Å²) in [7, 11) is -3.87. The maximum Gasteiger partial charge on any atom is 0.417 e. The predicted molar refractivity (Wildman–Crippen MR) is 111 cm³/mol. The molecule has 0 bridgehead atoms. The van der Waals surface area contributed by atoms with Crippen LogP contribution in [0.2, 0.25) is 5.02 Å². The molecule has 162 valence electrons. The van der Waals surface area contributed by atoms with Crippen LogP contribution in [0.25, 0.3) is 11.1 Å². The van der Waals surface area contributed by atoms with E-state index in [1.165, 1.54) is 42.5 Å². The van der Waals surface area contributed by atoms with Crippen molar-refractivity contribution in [3.05, 3.63) is 82.9 Å². The number of hydrogen-bond donors (Lipinski definition) is 1. The number of halogens is 4. The zero-order valence-electron chi connectivity index (χ0n) is 15.9. The van der Waals surface area contributed by atoms with Crippen molar-refractivity contribution in [3.8, 4) is 22.6 Å². The van der Waals surface area contributed by atoms with Crippen molar-refractivity contribution in [3.63, 3.8) is 0 Å². The largest absolute Gasteiger partial charge is 0.457 e. The Labute approximate surface area is 181 Å². The van der Waals surface area contributed by atoms with Gasteiger partial charge in [0, 0.05) is 16.1 Å². The minimum atomic E-state index is -4.67. The lowest BCUT2D eigenvalue weighted by Gasteiger charge is -2.17. The normalized spacial score (nSPS) is 11.8. The van der Waals surface area contributed by atoms with Crippen molar-refractivity contribution in [1.82, 2.24) is 4.72 Å². The second-order valence-electron chi connectivity index (χ2n) is 6.51. The molecule has 0 spiro atoms. The van der Waals surface area contributed by atoms with E-state index in [1.54, 1.807) is 16.9 Å². The zero-order chi connectivity index (χ0) is 22.8. The molecular weight excluding hydrogens is 455 g/mol. The number of nitrogens with one attached hydrogen (secondary N) is 1. The highest BCUT2D eigenvalue weighted by Crippen LogP contribution is 2.41. The topological polar surface area (TPSA) is 72.5 Å². The molecule has 0 unspecified atom stereocenters. The average Bonchev–Trinajstić information content (AvgIpc) is 2.68. The van der Waals surface area contributed by atoms with Crippen LogP contribution < -0.4 is 9.46 Å². The molecule has 10 heteroatoms. The van der Waals surface area contributed by atoms with Gasteiger partial charge >= 0.3 is 6.18 Å². The molecule has 0 heterocycles. The fraction of sp³-hybridized carbons (Fsp3) is 0.0952. The number of rotatable bonds is 5. The molecule has 0 radical (unpaired) electrons. The van der Waals surface area contributed by atoms with Crippen LogP contribution in [0.5, 0.6) is 11.5 Å². The summed E-state index contributed by atoms with van der Waals surface area (Å²) in [6.07, 6.45) is -3.87. The Balaban J connectivity index is 2.16. The van der Waals surface area contributed by atoms with E-state index in [2.05, 4.69) is 0 Å². The first-order valence-electron chi connectivity index (χ1n) is 8.70. The highest BCUT2D eigenvalue weighted by atomic mass is 35.5. The maximum atomic E-state index is 13.6. The molecule has 0 fully saturated rings. The first-order chi connectivity index (χ1) is 14.4. The molecule has 3 aromatic rings. The molecule has 0 aliphatic heterocycles. The van der Waals surface area contributed by atoms with Crippen LogP contribution in [0.1, 0.15) is 15.9 Å². The van der Waals surface area contributed by atoms with E-state index in [0.29, 0.717) is 10.8 Å². The van der Waals surface area contributed by atoms with E-state index in [4.69, 9.17) is 16.3 Å². The fourth-order valence-electron chi connectivity index (χ4n) is 2.79. The quantitative estimate of drug-likeness (QED) is 0.535. The van der Waals surface area contributed by atoms with E-state index in [9.17, 15) is 26.4 Å². The first-order valence-corrected chi connectivity index (χ1v) is 11.0. The van der Waals surface area contributed by atoms with Gasteiger partial charge in [-0.15, -0.1) is 0 Å². The van der Waals surface area contributed by atoms with Gasteiger partial charge in [0.1, 0.15) is 11.5 Å². The van der Waals surface area contributed by atoms with Crippen LogP contribution in [0.4, 0.5) is 13.2 Å². The van der Waals surface area contributed by atoms with Crippen LogP contribution >= 0.6 is 11.6 Å². The third-order valence-corrected chi connectivity index (χ3v) is 4.89. The van der Waals surface area contributed by atoms with Gasteiger partial charge in [-0.2, -0.15) is 13.2 Å². The summed E-state index contributed by atoms with van der Waals surface area (Å²) in [6.45, 7) is 0. The lowest BCUT2D eigenvalue weighted by atomic mass is 9.96. The molecule has 0 aromatic heterocycles. The summed E-state index contributed by atoms with van der Waals surface area (Å²) in [4.78, 5) is 12.3. The van der Waals surface area contributed by atoms with Crippen molar-refractivity contribution in [2.24, 2.45) is 0 Å². The van der Waals surface area contributed by atoms with Gasteiger partial charge in [0.15, 0.2) is 0 Å². The minimum Gasteiger partial charge on any atom is -0.457 e. The van der Waals surface area contributed by atoms with Crippen molar-refractivity contribution in [1.29, 1.82) is 0 Å². The van der Waals surface area contributed by atoms with Crippen molar-refractivity contribution >= 4 is 27.5 Å². The number of amides is 1. The number of alkyl halides is 3. The monoisotopic (exact) mass is 469 g/mol. The zero-order valence-corrected chi connectivity index (χ0v) is 17.5. The molecule has 0 saturated carbocycles. The summed E-state index contributed by atoms with van der Waals surface area (Å²) >= 11 is 5.85. The van der Waals surface area contributed by atoms with E-state index in [-0.39, 0.29) is 22.4 Å². The summed E-state index contributed by atoms with van der Waals surface area (Å²) in [5.41, 5.74) is -1.35. The molecular formula is C21H15ClF3NO4S. The second kappa shape index (κ2) is 8.60. The molecule has 0 aliphatic carbocycles. The van der Waals surface area contributed by atoms with E-state index in [0.717, 1.165) is 18.4 Å². The number of carbonyl (C=O) groups is 1. The van der Waals surface area contributed by atoms with E-state index < -0.39 is 27.7 Å². The van der Waals surface area contributed by atoms with Gasteiger partial charge in [-0.05, 0) is 54.1 Å². The Morgan fingerprint density at radius 3 is 2.23 bits per heavy atom. The van der Waals surface area contributed by atoms with Crippen LogP contribution in [-0.4, -0.2) is 20.6 Å². The van der Waals surface area contributed by atoms with Gasteiger partial charge in [-0.25, -0.2) is 13.1 Å². The summed E-state index contributed by atoms with van der Waals surface area (Å²) in [6, 6.07) is 14.7. The Morgan fingerprint density at radius 1 is 0.968 bits per heavy atom. The lowest BCUT2D eigenvalue weighted by Crippen LogP contribution is -2.29. The molecule has 3 rings (SSSR count). The minimum absolute atomic E-state index is 0.0370. The first kappa shape index (κ1) is 22.6. The van der Waals surface area contributed by atoms with Gasteiger partial charge in [0.2, 0.25) is 10.0 Å². The smallest absolute Gasteiger partial charge is 0.417 e. The highest BCUT2D eigenvalue weighted by Gasteiger charge is 2.34. The Morgan fingerprint density at radius 2 is 1.61 bits per heavy atom. The van der Waals surface area contributed by atoms with Gasteiger partial charge in [-0.1, -0.05) is 29.8 Å². The summed E-state index contributed by atoms with van der Waals surface area (Å²) in [5.74, 6) is -0.635. The van der Waals surface area contributed by atoms with Gasteiger partial charge in [-0.3, -0.25) is 4.79 Å². The predicted octanol–water partition coefficient (Wildman–Crippen LogP) is 5.51. The third kappa shape index (κ3) is 5.77. The van der Waals surface area contributed by atoms with Crippen LogP contribution in [0.15, 0.2) is 66.7 Å². The van der Waals surface area contributed by atoms with Crippen LogP contribution in [-0.2, 0) is 16.2 Å². The standard InChI is InChI=1S/C21H15ClF3NO4S/c1-31(28,29)26-20(27)13-6-11-19(30-15-9-7-14(22)8-10-15)17(12-13)16-4-2-3-5-18(16)21(23,24)25/h2-12H,1H3,(H,26,27). The number of benzene rings is 3. The number of ether oxygens (including phenoxy) is 1. The third-order valence-electron chi connectivity index (χ3n) is 4.08. The molecule has 3 aromatic carbocycles. The average molecular weight is 470 g/mol. The van der Waals surface area contributed by atoms with Gasteiger partial charge < -0.3 is 4.74 Å². The fourth-order valence-corrected chi connectivity index (χ4v) is 3.37. The van der Waals surface area contributed by atoms with Crippen molar-refractivity contribution in [2.75, 3.05) is 6.26 Å². The van der Waals surface area contributed by atoms with E-state index in [1.807, 2.05) is 0 Å². The molecule has 0 atom stereocenters. The summed E-state index contributed by atoms with van der Waals surface area (Å²) < 4.78 is 71.1. The SMILES string of the molecule is CS(=O)(=O)NC(=O)c1ccc(Oc2ccc(Cl)cc2)c(-c2ccccc2C(F)(F)F)c1. The van der Waals surface area contributed by atoms with Gasteiger partial charge in [0.05, 0.1) is 11.8 Å². The van der Waals surface area contributed by atoms with Gasteiger partial charge in [0.25, 0.3) is 5.91 Å². The molecule has 1 amide bonds. The number of hydrogen-bond acceptors (Lipinski definition) is 4. The maximum absolute atomic E-state index is 13.6. The second-order valence-corrected chi connectivity index (χ2v) is 8.70. The van der Waals surface area contributed by atoms with Crippen LogP contribution in [0, 0.1) is 0 Å².